The summed E-state index contributed by atoms with van der Waals surface area (Å²) in [7, 11) is 0. The lowest BCUT2D eigenvalue weighted by atomic mass is 9.97. The van der Waals surface area contributed by atoms with Crippen molar-refractivity contribution in [2.75, 3.05) is 11.1 Å². The zero-order valence-corrected chi connectivity index (χ0v) is 18.6. The van der Waals surface area contributed by atoms with Crippen LogP contribution in [0.5, 0.6) is 0 Å². The summed E-state index contributed by atoms with van der Waals surface area (Å²) < 4.78 is 0. The summed E-state index contributed by atoms with van der Waals surface area (Å²) >= 11 is 1.24. The highest BCUT2D eigenvalue weighted by atomic mass is 32.2. The molecular weight excluding hydrogens is 422 g/mol. The molecule has 6 heteroatoms. The van der Waals surface area contributed by atoms with Gasteiger partial charge in [0.05, 0.1) is 5.56 Å². The summed E-state index contributed by atoms with van der Waals surface area (Å²) in [5.74, 6) is -0.921. The van der Waals surface area contributed by atoms with Gasteiger partial charge < -0.3 is 10.4 Å². The van der Waals surface area contributed by atoms with Gasteiger partial charge in [-0.3, -0.25) is 9.59 Å². The fraction of sp³-hybridized carbons (Fsp3) is 0.192. The molecule has 1 atom stereocenters. The topological polar surface area (TPSA) is 83.5 Å². The molecule has 0 fully saturated rings. The van der Waals surface area contributed by atoms with Crippen molar-refractivity contribution in [2.24, 2.45) is 0 Å². The number of anilines is 1. The number of aromatic carboxylic acids is 1. The van der Waals surface area contributed by atoms with Gasteiger partial charge in [-0.05, 0) is 35.7 Å². The first-order valence-corrected chi connectivity index (χ1v) is 11.3. The third-order valence-electron chi connectivity index (χ3n) is 5.18. The van der Waals surface area contributed by atoms with E-state index in [9.17, 15) is 19.5 Å². The lowest BCUT2D eigenvalue weighted by Gasteiger charge is -2.17. The number of carbonyl (C=O) groups excluding carboxylic acids is 2. The van der Waals surface area contributed by atoms with Crippen LogP contribution in [0.2, 0.25) is 0 Å². The average Bonchev–Trinajstić information content (AvgIpc) is 2.79. The summed E-state index contributed by atoms with van der Waals surface area (Å²) in [6, 6.07) is 24.0. The van der Waals surface area contributed by atoms with Crippen molar-refractivity contribution in [3.63, 3.8) is 0 Å². The maximum atomic E-state index is 12.8. The molecule has 1 unspecified atom stereocenters. The van der Waals surface area contributed by atoms with E-state index in [1.807, 2.05) is 60.7 Å². The molecule has 0 aliphatic carbocycles. The van der Waals surface area contributed by atoms with E-state index in [0.717, 1.165) is 11.1 Å². The molecule has 0 spiro atoms. The van der Waals surface area contributed by atoms with E-state index in [0.29, 0.717) is 23.4 Å². The van der Waals surface area contributed by atoms with Gasteiger partial charge in [0.25, 0.3) is 0 Å². The molecule has 0 heterocycles. The number of hydrogen-bond acceptors (Lipinski definition) is 4. The van der Waals surface area contributed by atoms with E-state index in [4.69, 9.17) is 0 Å². The van der Waals surface area contributed by atoms with Crippen molar-refractivity contribution in [1.29, 1.82) is 0 Å². The van der Waals surface area contributed by atoms with Gasteiger partial charge in [-0.1, -0.05) is 78.5 Å². The second kappa shape index (κ2) is 11.3. The van der Waals surface area contributed by atoms with Crippen molar-refractivity contribution < 1.29 is 19.5 Å². The Hall–Kier alpha value is -3.38. The maximum Gasteiger partial charge on any atom is 0.336 e. The lowest BCUT2D eigenvalue weighted by molar-refractivity contribution is -0.116. The highest BCUT2D eigenvalue weighted by molar-refractivity contribution is 8.13. The molecule has 0 bridgehead atoms. The summed E-state index contributed by atoms with van der Waals surface area (Å²) in [5.41, 5.74) is 3.10. The molecule has 0 aromatic heterocycles. The molecule has 0 saturated heterocycles. The van der Waals surface area contributed by atoms with Crippen LogP contribution in [0.15, 0.2) is 78.9 Å². The number of nitrogens with one attached hydrogen (secondary N) is 1. The number of rotatable bonds is 9. The van der Waals surface area contributed by atoms with Crippen LogP contribution in [0.25, 0.3) is 0 Å². The minimum atomic E-state index is -1.03. The predicted molar refractivity (Wildman–Crippen MR) is 128 cm³/mol. The van der Waals surface area contributed by atoms with Crippen molar-refractivity contribution in [2.45, 2.75) is 25.7 Å². The zero-order valence-electron chi connectivity index (χ0n) is 17.8. The third-order valence-corrected chi connectivity index (χ3v) is 6.21. The molecule has 32 heavy (non-hydrogen) atoms. The minimum Gasteiger partial charge on any atom is -0.478 e. The number of carbonyl (C=O) groups is 3. The Kier molecular flexibility index (Phi) is 8.22. The molecule has 0 saturated carbocycles. The van der Waals surface area contributed by atoms with Gasteiger partial charge in [0.15, 0.2) is 5.12 Å². The molecule has 0 aliphatic heterocycles. The van der Waals surface area contributed by atoms with Crippen LogP contribution in [-0.4, -0.2) is 27.9 Å². The van der Waals surface area contributed by atoms with Crippen LogP contribution in [-0.2, 0) is 16.0 Å². The van der Waals surface area contributed by atoms with Crippen molar-refractivity contribution in [3.8, 4) is 0 Å². The van der Waals surface area contributed by atoms with E-state index >= 15 is 0 Å². The maximum absolute atomic E-state index is 12.8. The van der Waals surface area contributed by atoms with Gasteiger partial charge in [-0.15, -0.1) is 0 Å². The van der Waals surface area contributed by atoms with Gasteiger partial charge in [-0.25, -0.2) is 4.79 Å². The number of carboxylic acid groups (broad SMARTS) is 1. The molecule has 2 N–H and O–H groups in total. The lowest BCUT2D eigenvalue weighted by Crippen LogP contribution is -2.18. The zero-order chi connectivity index (χ0) is 22.9. The summed E-state index contributed by atoms with van der Waals surface area (Å²) in [6.45, 7) is 1.67. The molecule has 0 aliphatic rings. The highest BCUT2D eigenvalue weighted by Gasteiger charge is 2.19. The summed E-state index contributed by atoms with van der Waals surface area (Å²) in [6.07, 6.45) is 0.534. The number of thioether (sulfide) groups is 1. The van der Waals surface area contributed by atoms with Gasteiger partial charge in [0, 0.05) is 30.2 Å². The number of hydrogen-bond donors (Lipinski definition) is 2. The second-order valence-corrected chi connectivity index (χ2v) is 8.57. The molecule has 0 radical (unpaired) electrons. The molecule has 1 amide bonds. The van der Waals surface area contributed by atoms with E-state index < -0.39 is 5.97 Å². The summed E-state index contributed by atoms with van der Waals surface area (Å²) in [4.78, 5) is 36.6. The second-order valence-electron chi connectivity index (χ2n) is 7.49. The van der Waals surface area contributed by atoms with Gasteiger partial charge in [-0.2, -0.15) is 0 Å². The smallest absolute Gasteiger partial charge is 0.336 e. The van der Waals surface area contributed by atoms with Gasteiger partial charge >= 0.3 is 5.97 Å². The van der Waals surface area contributed by atoms with Gasteiger partial charge in [0.1, 0.15) is 0 Å². The van der Waals surface area contributed by atoms with Crippen LogP contribution in [0.1, 0.15) is 39.4 Å². The van der Waals surface area contributed by atoms with Crippen molar-refractivity contribution in [1.82, 2.24) is 0 Å². The molecular formula is C26H25NO4S. The van der Waals surface area contributed by atoms with Crippen molar-refractivity contribution in [3.05, 3.63) is 101 Å². The van der Waals surface area contributed by atoms with Crippen LogP contribution in [0.3, 0.4) is 0 Å². The van der Waals surface area contributed by atoms with Crippen LogP contribution in [0.4, 0.5) is 5.69 Å². The minimum absolute atomic E-state index is 0.0579. The standard InChI is InChI=1S/C26H25NO4S/c1-18-22(26(30)31)13-8-14-23(18)27-24(28)16-21(20-11-6-3-7-12-20)17-32-25(29)15-19-9-4-2-5-10-19/h2-14,21H,15-17H2,1H3,(H,27,28)(H,30,31). The normalized spacial score (nSPS) is 11.5. The van der Waals surface area contributed by atoms with E-state index in [1.54, 1.807) is 19.1 Å². The molecule has 3 aromatic carbocycles. The Bertz CT molecular complexity index is 1080. The number of amides is 1. The van der Waals surface area contributed by atoms with E-state index in [-0.39, 0.29) is 28.9 Å². The number of benzene rings is 3. The van der Waals surface area contributed by atoms with E-state index in [2.05, 4.69) is 5.32 Å². The average molecular weight is 448 g/mol. The van der Waals surface area contributed by atoms with Gasteiger partial charge in [0.2, 0.25) is 5.91 Å². The predicted octanol–water partition coefficient (Wildman–Crippen LogP) is 5.31. The van der Waals surface area contributed by atoms with Crippen LogP contribution < -0.4 is 5.32 Å². The highest BCUT2D eigenvalue weighted by Crippen LogP contribution is 2.27. The Morgan fingerprint density at radius 3 is 2.22 bits per heavy atom. The fourth-order valence-corrected chi connectivity index (χ4v) is 4.40. The van der Waals surface area contributed by atoms with Crippen molar-refractivity contribution >= 4 is 34.4 Å². The molecule has 3 aromatic rings. The summed E-state index contributed by atoms with van der Waals surface area (Å²) in [5, 5.41) is 12.2. The largest absolute Gasteiger partial charge is 0.478 e. The first kappa shape index (κ1) is 23.3. The first-order valence-electron chi connectivity index (χ1n) is 10.3. The van der Waals surface area contributed by atoms with Crippen LogP contribution >= 0.6 is 11.8 Å². The molecule has 164 valence electrons. The van der Waals surface area contributed by atoms with Crippen LogP contribution in [0, 0.1) is 6.92 Å². The Labute approximate surface area is 191 Å². The Morgan fingerprint density at radius 2 is 1.56 bits per heavy atom. The quantitative estimate of drug-likeness (QED) is 0.465. The van der Waals surface area contributed by atoms with E-state index in [1.165, 1.54) is 17.8 Å². The SMILES string of the molecule is Cc1c(NC(=O)CC(CSC(=O)Cc2ccccc2)c2ccccc2)cccc1C(=O)O. The monoisotopic (exact) mass is 447 g/mol. The number of carboxylic acids is 1. The Balaban J connectivity index is 1.67. The third kappa shape index (κ3) is 6.56. The first-order chi connectivity index (χ1) is 15.4. The Morgan fingerprint density at radius 1 is 0.906 bits per heavy atom. The fourth-order valence-electron chi connectivity index (χ4n) is 3.43. The molecule has 5 nitrogen and oxygen atoms in total. The molecule has 3 rings (SSSR count).